The molecule has 1 N–H and O–H groups in total. The number of aryl methyl sites for hydroxylation is 3. The lowest BCUT2D eigenvalue weighted by Gasteiger charge is -2.12. The maximum Gasteiger partial charge on any atom is 0.343 e. The Hall–Kier alpha value is -3.69. The van der Waals surface area contributed by atoms with Crippen LogP contribution in [0.25, 0.3) is 6.08 Å². The molecule has 3 aromatic rings. The summed E-state index contributed by atoms with van der Waals surface area (Å²) in [6, 6.07) is 19.4. The van der Waals surface area contributed by atoms with Gasteiger partial charge in [0, 0.05) is 10.2 Å². The lowest BCUT2D eigenvalue weighted by molar-refractivity contribution is -0.112. The Bertz CT molecular complexity index is 1210. The fourth-order valence-electron chi connectivity index (χ4n) is 3.26. The molecule has 32 heavy (non-hydrogen) atoms. The highest BCUT2D eigenvalue weighted by Gasteiger charge is 2.13. The highest BCUT2D eigenvalue weighted by atomic mass is 79.9. The van der Waals surface area contributed by atoms with Crippen molar-refractivity contribution in [2.45, 2.75) is 20.8 Å². The molecule has 0 aliphatic rings. The van der Waals surface area contributed by atoms with E-state index in [1.807, 2.05) is 39.0 Å². The molecule has 0 aromatic heterocycles. The van der Waals surface area contributed by atoms with Crippen LogP contribution in [-0.2, 0) is 4.79 Å². The molecular formula is C26H21BrN2O3. The molecule has 0 bridgehead atoms. The largest absolute Gasteiger partial charge is 0.423 e. The van der Waals surface area contributed by atoms with Crippen molar-refractivity contribution < 1.29 is 14.3 Å². The van der Waals surface area contributed by atoms with E-state index in [4.69, 9.17) is 4.74 Å². The number of esters is 1. The van der Waals surface area contributed by atoms with Gasteiger partial charge in [0.05, 0.1) is 5.56 Å². The second kappa shape index (κ2) is 10.1. The van der Waals surface area contributed by atoms with E-state index in [1.165, 1.54) is 6.08 Å². The fourth-order valence-corrected chi connectivity index (χ4v) is 3.52. The van der Waals surface area contributed by atoms with Crippen LogP contribution in [-0.4, -0.2) is 11.9 Å². The van der Waals surface area contributed by atoms with Crippen LogP contribution in [0.3, 0.4) is 0 Å². The zero-order valence-electron chi connectivity index (χ0n) is 17.9. The van der Waals surface area contributed by atoms with Crippen LogP contribution in [0.1, 0.15) is 32.6 Å². The number of carbonyl (C=O) groups excluding carboxylic acids is 2. The van der Waals surface area contributed by atoms with Crippen molar-refractivity contribution in [2.24, 2.45) is 0 Å². The van der Waals surface area contributed by atoms with Gasteiger partial charge in [-0.3, -0.25) is 4.79 Å². The summed E-state index contributed by atoms with van der Waals surface area (Å²) in [6.45, 7) is 5.82. The van der Waals surface area contributed by atoms with Gasteiger partial charge in [-0.2, -0.15) is 5.26 Å². The minimum atomic E-state index is -0.478. The predicted octanol–water partition coefficient (Wildman–Crippen LogP) is 6.14. The average Bonchev–Trinajstić information content (AvgIpc) is 2.76. The zero-order chi connectivity index (χ0) is 23.3. The van der Waals surface area contributed by atoms with Crippen molar-refractivity contribution in [3.63, 3.8) is 0 Å². The maximum absolute atomic E-state index is 12.7. The second-order valence-electron chi connectivity index (χ2n) is 7.36. The van der Waals surface area contributed by atoms with Crippen LogP contribution in [0.4, 0.5) is 5.69 Å². The zero-order valence-corrected chi connectivity index (χ0v) is 19.5. The molecule has 0 fully saturated rings. The Morgan fingerprint density at radius 1 is 0.969 bits per heavy atom. The minimum absolute atomic E-state index is 0.0241. The Labute approximate surface area is 195 Å². The summed E-state index contributed by atoms with van der Waals surface area (Å²) in [5.41, 5.74) is 4.73. The van der Waals surface area contributed by atoms with Crippen LogP contribution < -0.4 is 10.1 Å². The summed E-state index contributed by atoms with van der Waals surface area (Å²) < 4.78 is 6.24. The summed E-state index contributed by atoms with van der Waals surface area (Å²) in [5, 5.41) is 12.3. The Balaban J connectivity index is 1.72. The van der Waals surface area contributed by atoms with E-state index in [-0.39, 0.29) is 5.57 Å². The Kier molecular flexibility index (Phi) is 7.24. The first-order valence-corrected chi connectivity index (χ1v) is 10.6. The van der Waals surface area contributed by atoms with E-state index in [1.54, 1.807) is 48.5 Å². The van der Waals surface area contributed by atoms with Gasteiger partial charge in [0.1, 0.15) is 17.4 Å². The van der Waals surface area contributed by atoms with Crippen molar-refractivity contribution in [2.75, 3.05) is 5.32 Å². The van der Waals surface area contributed by atoms with E-state index in [0.29, 0.717) is 22.6 Å². The Morgan fingerprint density at radius 3 is 2.12 bits per heavy atom. The molecule has 3 aromatic carbocycles. The van der Waals surface area contributed by atoms with Gasteiger partial charge in [0.25, 0.3) is 5.91 Å². The van der Waals surface area contributed by atoms with Gasteiger partial charge in [-0.05, 0) is 79.9 Å². The highest BCUT2D eigenvalue weighted by molar-refractivity contribution is 9.10. The van der Waals surface area contributed by atoms with Crippen LogP contribution in [0.5, 0.6) is 5.75 Å². The van der Waals surface area contributed by atoms with Crippen LogP contribution in [0.15, 0.2) is 70.7 Å². The van der Waals surface area contributed by atoms with Crippen molar-refractivity contribution >= 4 is 39.6 Å². The highest BCUT2D eigenvalue weighted by Crippen LogP contribution is 2.23. The molecule has 0 heterocycles. The number of nitriles is 1. The average molecular weight is 489 g/mol. The van der Waals surface area contributed by atoms with Crippen LogP contribution in [0.2, 0.25) is 0 Å². The standard InChI is InChI=1S/C26H21BrN2O3/c1-16-12-17(2)24(18(3)13-16)29-25(30)21(15-28)14-19-4-10-23(11-5-19)32-26(31)20-6-8-22(27)9-7-20/h4-14H,1-3H3,(H,29,30)/b21-14-. The number of hydrogen-bond acceptors (Lipinski definition) is 4. The summed E-state index contributed by atoms with van der Waals surface area (Å²) in [5.74, 6) is -0.584. The van der Waals surface area contributed by atoms with E-state index >= 15 is 0 Å². The third kappa shape index (κ3) is 5.71. The van der Waals surface area contributed by atoms with Crippen molar-refractivity contribution in [1.82, 2.24) is 0 Å². The molecule has 5 nitrogen and oxygen atoms in total. The lowest BCUT2D eigenvalue weighted by atomic mass is 10.0. The van der Waals surface area contributed by atoms with Gasteiger partial charge in [0.15, 0.2) is 0 Å². The number of amides is 1. The first-order chi connectivity index (χ1) is 15.3. The smallest absolute Gasteiger partial charge is 0.343 e. The molecule has 3 rings (SSSR count). The first-order valence-electron chi connectivity index (χ1n) is 9.85. The number of benzene rings is 3. The van der Waals surface area contributed by atoms with Gasteiger partial charge in [-0.1, -0.05) is 45.8 Å². The topological polar surface area (TPSA) is 79.2 Å². The van der Waals surface area contributed by atoms with E-state index in [2.05, 4.69) is 21.2 Å². The predicted molar refractivity (Wildman–Crippen MR) is 128 cm³/mol. The molecule has 160 valence electrons. The molecule has 1 amide bonds. The summed E-state index contributed by atoms with van der Waals surface area (Å²) in [4.78, 5) is 24.9. The molecule has 0 aliphatic carbocycles. The molecule has 0 unspecified atom stereocenters. The molecule has 0 atom stereocenters. The Morgan fingerprint density at radius 2 is 1.56 bits per heavy atom. The quantitative estimate of drug-likeness (QED) is 0.202. The summed E-state index contributed by atoms with van der Waals surface area (Å²) >= 11 is 3.32. The number of nitrogens with zero attached hydrogens (tertiary/aromatic N) is 1. The van der Waals surface area contributed by atoms with Gasteiger partial charge in [-0.15, -0.1) is 0 Å². The van der Waals surface area contributed by atoms with Gasteiger partial charge in [0.2, 0.25) is 0 Å². The molecule has 0 saturated heterocycles. The summed E-state index contributed by atoms with van der Waals surface area (Å²) in [7, 11) is 0. The molecule has 6 heteroatoms. The van der Waals surface area contributed by atoms with Crippen molar-refractivity contribution in [3.8, 4) is 11.8 Å². The van der Waals surface area contributed by atoms with Gasteiger partial charge in [-0.25, -0.2) is 4.79 Å². The second-order valence-corrected chi connectivity index (χ2v) is 8.28. The molecule has 0 radical (unpaired) electrons. The maximum atomic E-state index is 12.7. The molecule has 0 aliphatic heterocycles. The third-order valence-electron chi connectivity index (χ3n) is 4.76. The molecular weight excluding hydrogens is 468 g/mol. The van der Waals surface area contributed by atoms with Crippen molar-refractivity contribution in [1.29, 1.82) is 5.26 Å². The fraction of sp³-hybridized carbons (Fsp3) is 0.115. The van der Waals surface area contributed by atoms with Gasteiger partial charge >= 0.3 is 5.97 Å². The molecule has 0 spiro atoms. The van der Waals surface area contributed by atoms with E-state index in [9.17, 15) is 14.9 Å². The number of rotatable bonds is 5. The third-order valence-corrected chi connectivity index (χ3v) is 5.29. The van der Waals surface area contributed by atoms with E-state index in [0.717, 1.165) is 21.2 Å². The number of anilines is 1. The SMILES string of the molecule is Cc1cc(C)c(NC(=O)/C(C#N)=C\c2ccc(OC(=O)c3ccc(Br)cc3)cc2)c(C)c1. The van der Waals surface area contributed by atoms with Gasteiger partial charge < -0.3 is 10.1 Å². The number of ether oxygens (including phenoxy) is 1. The number of hydrogen-bond donors (Lipinski definition) is 1. The lowest BCUT2D eigenvalue weighted by Crippen LogP contribution is -2.15. The van der Waals surface area contributed by atoms with Crippen LogP contribution in [0, 0.1) is 32.1 Å². The number of carbonyl (C=O) groups is 2. The number of nitrogens with one attached hydrogen (secondary N) is 1. The summed E-state index contributed by atoms with van der Waals surface area (Å²) in [6.07, 6.45) is 1.49. The van der Waals surface area contributed by atoms with E-state index < -0.39 is 11.9 Å². The van der Waals surface area contributed by atoms with Crippen LogP contribution >= 0.6 is 15.9 Å². The molecule has 0 saturated carbocycles. The first kappa shape index (κ1) is 23.0. The minimum Gasteiger partial charge on any atom is -0.423 e. The number of halogens is 1. The monoisotopic (exact) mass is 488 g/mol. The normalized spacial score (nSPS) is 10.9. The van der Waals surface area contributed by atoms with Crippen molar-refractivity contribution in [3.05, 3.63) is 98.5 Å².